The molecule has 0 aromatic rings. The Morgan fingerprint density at radius 2 is 1.00 bits per heavy atom. The summed E-state index contributed by atoms with van der Waals surface area (Å²) < 4.78 is 11.2. The summed E-state index contributed by atoms with van der Waals surface area (Å²) in [6.07, 6.45) is 23.3. The lowest BCUT2D eigenvalue weighted by atomic mass is 9.79. The van der Waals surface area contributed by atoms with Crippen molar-refractivity contribution in [2.75, 3.05) is 13.2 Å². The number of rotatable bonds is 21. The number of carbonyl (C=O) groups excluding carboxylic acids is 2. The van der Waals surface area contributed by atoms with Crippen LogP contribution >= 0.6 is 0 Å². The number of esters is 2. The molecule has 0 spiro atoms. The Morgan fingerprint density at radius 1 is 0.618 bits per heavy atom. The molecule has 0 saturated heterocycles. The zero-order valence-corrected chi connectivity index (χ0v) is 22.9. The molecule has 1 rings (SSSR count). The van der Waals surface area contributed by atoms with Crippen molar-refractivity contribution in [3.05, 3.63) is 0 Å². The van der Waals surface area contributed by atoms with Gasteiger partial charge in [0, 0.05) is 0 Å². The van der Waals surface area contributed by atoms with E-state index in [1.807, 2.05) is 0 Å². The largest absolute Gasteiger partial charge is 0.465 e. The lowest BCUT2D eigenvalue weighted by Crippen LogP contribution is -2.35. The van der Waals surface area contributed by atoms with Crippen LogP contribution in [0.3, 0.4) is 0 Å². The van der Waals surface area contributed by atoms with Crippen molar-refractivity contribution < 1.29 is 19.1 Å². The van der Waals surface area contributed by atoms with Crippen LogP contribution in [0.25, 0.3) is 0 Å². The van der Waals surface area contributed by atoms with Gasteiger partial charge in [0.25, 0.3) is 0 Å². The first-order chi connectivity index (χ1) is 16.6. The highest BCUT2D eigenvalue weighted by atomic mass is 16.5. The number of unbranched alkanes of at least 4 members (excludes halogenated alkanes) is 13. The third-order valence-corrected chi connectivity index (χ3v) is 7.28. The summed E-state index contributed by atoms with van der Waals surface area (Å²) in [5, 5.41) is 0. The van der Waals surface area contributed by atoms with Crippen LogP contribution in [0.4, 0.5) is 0 Å². The molecule has 2 unspecified atom stereocenters. The molecular formula is C30H56O4. The van der Waals surface area contributed by atoms with E-state index in [9.17, 15) is 9.59 Å². The standard InChI is InChI=1S/C30H56O4/c1-4-5-6-7-8-9-10-11-14-19-24-33-29(31)27-22-17-18-23-28(27)30(32)34-25-20-15-12-13-16-21-26(2)3/h26-28H,4-25H2,1-3H3. The second-order valence-electron chi connectivity index (χ2n) is 11.0. The maximum absolute atomic E-state index is 12.7. The van der Waals surface area contributed by atoms with Crippen LogP contribution in [0.5, 0.6) is 0 Å². The van der Waals surface area contributed by atoms with Crippen LogP contribution in [0.2, 0.25) is 0 Å². The maximum Gasteiger partial charge on any atom is 0.309 e. The van der Waals surface area contributed by atoms with Gasteiger partial charge >= 0.3 is 11.9 Å². The van der Waals surface area contributed by atoms with E-state index in [4.69, 9.17) is 9.47 Å². The quantitative estimate of drug-likeness (QED) is 0.122. The Kier molecular flexibility index (Phi) is 19.3. The minimum Gasteiger partial charge on any atom is -0.465 e. The SMILES string of the molecule is CCCCCCCCCCCCOC(=O)C1CCCCC1C(=O)OCCCCCCCC(C)C. The van der Waals surface area contributed by atoms with E-state index in [0.29, 0.717) is 13.2 Å². The van der Waals surface area contributed by atoms with Gasteiger partial charge in [0.2, 0.25) is 0 Å². The summed E-state index contributed by atoms with van der Waals surface area (Å²) in [4.78, 5) is 25.3. The first kappa shape index (κ1) is 31.0. The molecule has 0 radical (unpaired) electrons. The second-order valence-corrected chi connectivity index (χ2v) is 11.0. The minimum atomic E-state index is -0.306. The van der Waals surface area contributed by atoms with Crippen LogP contribution in [-0.4, -0.2) is 25.2 Å². The molecule has 34 heavy (non-hydrogen) atoms. The van der Waals surface area contributed by atoms with E-state index in [1.54, 1.807) is 0 Å². The third-order valence-electron chi connectivity index (χ3n) is 7.28. The Bertz CT molecular complexity index is 502. The fraction of sp³-hybridized carbons (Fsp3) is 0.933. The van der Waals surface area contributed by atoms with E-state index in [-0.39, 0.29) is 23.8 Å². The van der Waals surface area contributed by atoms with Gasteiger partial charge in [-0.05, 0) is 31.6 Å². The Hall–Kier alpha value is -1.06. The Labute approximate surface area is 211 Å². The van der Waals surface area contributed by atoms with Crippen LogP contribution < -0.4 is 0 Å². The molecule has 0 N–H and O–H groups in total. The zero-order chi connectivity index (χ0) is 24.9. The summed E-state index contributed by atoms with van der Waals surface area (Å²) in [7, 11) is 0. The predicted octanol–water partition coefficient (Wildman–Crippen LogP) is 8.80. The van der Waals surface area contributed by atoms with Gasteiger partial charge in [0.05, 0.1) is 25.0 Å². The molecule has 1 aliphatic carbocycles. The Balaban J connectivity index is 2.12. The number of hydrogen-bond donors (Lipinski definition) is 0. The first-order valence-corrected chi connectivity index (χ1v) is 14.9. The molecule has 1 fully saturated rings. The van der Waals surface area contributed by atoms with Crippen LogP contribution in [-0.2, 0) is 19.1 Å². The van der Waals surface area contributed by atoms with Crippen molar-refractivity contribution in [1.82, 2.24) is 0 Å². The topological polar surface area (TPSA) is 52.6 Å². The van der Waals surface area contributed by atoms with E-state index in [1.165, 1.54) is 77.0 Å². The van der Waals surface area contributed by atoms with Gasteiger partial charge in [-0.2, -0.15) is 0 Å². The number of carbonyl (C=O) groups is 2. The van der Waals surface area contributed by atoms with Crippen LogP contribution in [0.1, 0.15) is 149 Å². The second kappa shape index (κ2) is 21.2. The normalized spacial score (nSPS) is 18.2. The minimum absolute atomic E-state index is 0.178. The molecule has 0 aromatic heterocycles. The molecule has 2 atom stereocenters. The van der Waals surface area contributed by atoms with Crippen molar-refractivity contribution in [3.8, 4) is 0 Å². The Morgan fingerprint density at radius 3 is 1.41 bits per heavy atom. The molecule has 4 nitrogen and oxygen atoms in total. The summed E-state index contributed by atoms with van der Waals surface area (Å²) in [5.41, 5.74) is 0. The average Bonchev–Trinajstić information content (AvgIpc) is 2.83. The van der Waals surface area contributed by atoms with E-state index in [0.717, 1.165) is 57.3 Å². The fourth-order valence-corrected chi connectivity index (χ4v) is 5.03. The van der Waals surface area contributed by atoms with Crippen molar-refractivity contribution >= 4 is 11.9 Å². The molecular weight excluding hydrogens is 424 g/mol. The van der Waals surface area contributed by atoms with Gasteiger partial charge in [-0.15, -0.1) is 0 Å². The zero-order valence-electron chi connectivity index (χ0n) is 22.9. The molecule has 4 heteroatoms. The molecule has 0 aromatic carbocycles. The van der Waals surface area contributed by atoms with Crippen molar-refractivity contribution in [2.24, 2.45) is 17.8 Å². The summed E-state index contributed by atoms with van der Waals surface area (Å²) in [6, 6.07) is 0. The average molecular weight is 481 g/mol. The lowest BCUT2D eigenvalue weighted by molar-refractivity contribution is -0.163. The maximum atomic E-state index is 12.7. The van der Waals surface area contributed by atoms with Crippen molar-refractivity contribution in [3.63, 3.8) is 0 Å². The molecule has 1 saturated carbocycles. The highest BCUT2D eigenvalue weighted by Crippen LogP contribution is 2.32. The van der Waals surface area contributed by atoms with Gasteiger partial charge in [0.1, 0.15) is 0 Å². The molecule has 0 bridgehead atoms. The lowest BCUT2D eigenvalue weighted by Gasteiger charge is -2.28. The highest BCUT2D eigenvalue weighted by Gasteiger charge is 2.37. The molecule has 0 heterocycles. The first-order valence-electron chi connectivity index (χ1n) is 14.9. The highest BCUT2D eigenvalue weighted by molar-refractivity contribution is 5.82. The molecule has 200 valence electrons. The predicted molar refractivity (Wildman–Crippen MR) is 142 cm³/mol. The van der Waals surface area contributed by atoms with E-state index >= 15 is 0 Å². The number of hydrogen-bond acceptors (Lipinski definition) is 4. The monoisotopic (exact) mass is 480 g/mol. The summed E-state index contributed by atoms with van der Waals surface area (Å²) >= 11 is 0. The molecule has 0 amide bonds. The third kappa shape index (κ3) is 15.8. The van der Waals surface area contributed by atoms with E-state index in [2.05, 4.69) is 20.8 Å². The summed E-state index contributed by atoms with van der Waals surface area (Å²) in [5.74, 6) is -0.186. The van der Waals surface area contributed by atoms with Crippen molar-refractivity contribution in [2.45, 2.75) is 149 Å². The molecule has 0 aliphatic heterocycles. The summed E-state index contributed by atoms with van der Waals surface area (Å²) in [6.45, 7) is 7.77. The van der Waals surface area contributed by atoms with Gasteiger partial charge in [-0.3, -0.25) is 9.59 Å². The van der Waals surface area contributed by atoms with Gasteiger partial charge < -0.3 is 9.47 Å². The van der Waals surface area contributed by atoms with Gasteiger partial charge in [0.15, 0.2) is 0 Å². The molecule has 1 aliphatic rings. The smallest absolute Gasteiger partial charge is 0.309 e. The van der Waals surface area contributed by atoms with Crippen LogP contribution in [0.15, 0.2) is 0 Å². The van der Waals surface area contributed by atoms with Crippen LogP contribution in [0, 0.1) is 17.8 Å². The number of ether oxygens (including phenoxy) is 2. The fourth-order valence-electron chi connectivity index (χ4n) is 5.03. The van der Waals surface area contributed by atoms with E-state index < -0.39 is 0 Å². The van der Waals surface area contributed by atoms with Gasteiger partial charge in [-0.25, -0.2) is 0 Å². The van der Waals surface area contributed by atoms with Crippen molar-refractivity contribution in [1.29, 1.82) is 0 Å². The van der Waals surface area contributed by atoms with Gasteiger partial charge in [-0.1, -0.05) is 124 Å².